The van der Waals surface area contributed by atoms with E-state index in [-0.39, 0.29) is 19.3 Å². The van der Waals surface area contributed by atoms with Crippen molar-refractivity contribution in [1.29, 1.82) is 0 Å². The quantitative estimate of drug-likeness (QED) is 0.0999. The molecule has 0 aliphatic carbocycles. The summed E-state index contributed by atoms with van der Waals surface area (Å²) in [4.78, 5) is 70.3. The van der Waals surface area contributed by atoms with Gasteiger partial charge in [0.1, 0.15) is 18.1 Å². The summed E-state index contributed by atoms with van der Waals surface area (Å²) in [5.74, 6) is -5.77. The third kappa shape index (κ3) is 13.0. The fourth-order valence-corrected chi connectivity index (χ4v) is 2.68. The zero-order valence-corrected chi connectivity index (χ0v) is 18.5. The largest absolute Gasteiger partial charge is 0.481 e. The number of rotatable bonds is 17. The molecule has 0 fully saturated rings. The summed E-state index contributed by atoms with van der Waals surface area (Å²) in [6.07, 6.45) is 0.264. The summed E-state index contributed by atoms with van der Waals surface area (Å²) in [6, 6.07) is -4.82. The Hall–Kier alpha value is -3.26. The topological polar surface area (TPSA) is 257 Å². The number of nitrogens with one attached hydrogen (secondary N) is 3. The number of carbonyl (C=O) groups excluding carboxylic acids is 4. The maximum Gasteiger partial charge on any atom is 0.326 e. The van der Waals surface area contributed by atoms with Gasteiger partial charge in [-0.2, -0.15) is 0 Å². The predicted molar refractivity (Wildman–Crippen MR) is 115 cm³/mol. The molecule has 0 saturated carbocycles. The summed E-state index contributed by atoms with van der Waals surface area (Å²) in [5, 5.41) is 24.8. The minimum atomic E-state index is -1.52. The normalized spacial score (nSPS) is 14.3. The van der Waals surface area contributed by atoms with Gasteiger partial charge in [0.2, 0.25) is 23.6 Å². The summed E-state index contributed by atoms with van der Waals surface area (Å²) in [5.41, 5.74) is 16.2. The smallest absolute Gasteiger partial charge is 0.326 e. The maximum atomic E-state index is 12.5. The molecule has 14 nitrogen and oxygen atoms in total. The molecule has 0 rings (SSSR count). The van der Waals surface area contributed by atoms with Crippen LogP contribution in [-0.4, -0.2) is 76.5 Å². The third-order valence-electron chi connectivity index (χ3n) is 4.63. The number of hydrogen-bond acceptors (Lipinski definition) is 8. The Balaban J connectivity index is 5.11. The Morgan fingerprint density at radius 3 is 1.88 bits per heavy atom. The second-order valence-electron chi connectivity index (χ2n) is 7.52. The van der Waals surface area contributed by atoms with Crippen molar-refractivity contribution < 1.29 is 39.0 Å². The molecule has 0 spiro atoms. The van der Waals surface area contributed by atoms with Gasteiger partial charge in [-0.15, -0.1) is 0 Å². The highest BCUT2D eigenvalue weighted by Gasteiger charge is 2.29. The molecule has 4 amide bonds. The molecule has 0 bridgehead atoms. The number of carbonyl (C=O) groups is 6. The van der Waals surface area contributed by atoms with E-state index in [4.69, 9.17) is 22.3 Å². The van der Waals surface area contributed by atoms with Crippen LogP contribution in [0.4, 0.5) is 0 Å². The molecule has 4 atom stereocenters. The van der Waals surface area contributed by atoms with Gasteiger partial charge in [0.25, 0.3) is 0 Å². The molecule has 0 aromatic heterocycles. The van der Waals surface area contributed by atoms with Gasteiger partial charge in [-0.25, -0.2) is 4.79 Å². The highest BCUT2D eigenvalue weighted by atomic mass is 16.4. The van der Waals surface area contributed by atoms with Gasteiger partial charge >= 0.3 is 11.9 Å². The zero-order chi connectivity index (χ0) is 25.6. The average Bonchev–Trinajstić information content (AvgIpc) is 2.72. The van der Waals surface area contributed by atoms with Gasteiger partial charge in [-0.3, -0.25) is 24.0 Å². The van der Waals surface area contributed by atoms with Crippen LogP contribution in [-0.2, 0) is 28.8 Å². The SMILES string of the molecule is CC(NC(=O)C(N)CCCCN)C(=O)NC(CCC(N)=O)C(=O)NC(CCC(=O)O)C(=O)O. The Morgan fingerprint density at radius 2 is 1.36 bits per heavy atom. The van der Waals surface area contributed by atoms with E-state index in [1.54, 1.807) is 0 Å². The molecule has 4 unspecified atom stereocenters. The van der Waals surface area contributed by atoms with E-state index < -0.39 is 66.2 Å². The lowest BCUT2D eigenvalue weighted by Crippen LogP contribution is -2.56. The second kappa shape index (κ2) is 15.5. The Kier molecular flexibility index (Phi) is 14.0. The lowest BCUT2D eigenvalue weighted by Gasteiger charge is -2.23. The highest BCUT2D eigenvalue weighted by Crippen LogP contribution is 2.04. The molecule has 33 heavy (non-hydrogen) atoms. The van der Waals surface area contributed by atoms with E-state index in [1.807, 2.05) is 0 Å². The van der Waals surface area contributed by atoms with E-state index in [2.05, 4.69) is 16.0 Å². The summed E-state index contributed by atoms with van der Waals surface area (Å²) < 4.78 is 0. The molecule has 11 N–H and O–H groups in total. The molecule has 0 aliphatic rings. The van der Waals surface area contributed by atoms with Gasteiger partial charge in [0.15, 0.2) is 0 Å². The molecular weight excluding hydrogens is 440 g/mol. The van der Waals surface area contributed by atoms with Crippen molar-refractivity contribution in [3.05, 3.63) is 0 Å². The molecular formula is C19H34N6O8. The Bertz CT molecular complexity index is 716. The Morgan fingerprint density at radius 1 is 0.788 bits per heavy atom. The summed E-state index contributed by atoms with van der Waals surface area (Å²) >= 11 is 0. The summed E-state index contributed by atoms with van der Waals surface area (Å²) in [7, 11) is 0. The van der Waals surface area contributed by atoms with E-state index in [9.17, 15) is 33.9 Å². The first kappa shape index (κ1) is 29.7. The fourth-order valence-electron chi connectivity index (χ4n) is 2.68. The predicted octanol–water partition coefficient (Wildman–Crippen LogP) is -2.87. The monoisotopic (exact) mass is 474 g/mol. The number of carboxylic acids is 2. The van der Waals surface area contributed by atoms with Crippen LogP contribution in [0.2, 0.25) is 0 Å². The van der Waals surface area contributed by atoms with Crippen molar-refractivity contribution in [3.8, 4) is 0 Å². The molecule has 0 saturated heterocycles. The first-order chi connectivity index (χ1) is 15.4. The zero-order valence-electron chi connectivity index (χ0n) is 18.5. The fraction of sp³-hybridized carbons (Fsp3) is 0.684. The average molecular weight is 475 g/mol. The van der Waals surface area contributed by atoms with Gasteiger partial charge in [-0.05, 0) is 39.2 Å². The van der Waals surface area contributed by atoms with Crippen molar-refractivity contribution in [2.75, 3.05) is 6.54 Å². The number of aliphatic carboxylic acids is 2. The lowest BCUT2D eigenvalue weighted by molar-refractivity contribution is -0.143. The number of amides is 4. The molecule has 0 heterocycles. The van der Waals surface area contributed by atoms with Crippen molar-refractivity contribution in [2.45, 2.75) is 76.0 Å². The molecule has 14 heteroatoms. The first-order valence-electron chi connectivity index (χ1n) is 10.5. The molecule has 0 aliphatic heterocycles. The lowest BCUT2D eigenvalue weighted by atomic mass is 10.1. The number of primary amides is 1. The van der Waals surface area contributed by atoms with Crippen molar-refractivity contribution in [1.82, 2.24) is 16.0 Å². The van der Waals surface area contributed by atoms with Crippen LogP contribution >= 0.6 is 0 Å². The Labute approximate surface area is 191 Å². The van der Waals surface area contributed by atoms with Crippen LogP contribution in [0.25, 0.3) is 0 Å². The molecule has 0 radical (unpaired) electrons. The van der Waals surface area contributed by atoms with Crippen LogP contribution in [0.3, 0.4) is 0 Å². The van der Waals surface area contributed by atoms with E-state index in [0.717, 1.165) is 0 Å². The number of hydrogen-bond donors (Lipinski definition) is 8. The van der Waals surface area contributed by atoms with Crippen molar-refractivity contribution >= 4 is 35.6 Å². The minimum absolute atomic E-state index is 0.239. The van der Waals surface area contributed by atoms with Crippen LogP contribution in [0.15, 0.2) is 0 Å². The van der Waals surface area contributed by atoms with E-state index in [1.165, 1.54) is 6.92 Å². The third-order valence-corrected chi connectivity index (χ3v) is 4.63. The van der Waals surface area contributed by atoms with Crippen molar-refractivity contribution in [3.63, 3.8) is 0 Å². The van der Waals surface area contributed by atoms with Crippen LogP contribution in [0, 0.1) is 0 Å². The second-order valence-corrected chi connectivity index (χ2v) is 7.52. The molecule has 188 valence electrons. The van der Waals surface area contributed by atoms with Gasteiger partial charge < -0.3 is 43.4 Å². The van der Waals surface area contributed by atoms with Crippen LogP contribution in [0.5, 0.6) is 0 Å². The highest BCUT2D eigenvalue weighted by molar-refractivity contribution is 5.94. The van der Waals surface area contributed by atoms with Gasteiger partial charge in [0, 0.05) is 12.8 Å². The standard InChI is InChI=1S/C19H34N6O8/c1-10(23-17(30)11(21)4-2-3-9-20)16(29)24-12(5-7-14(22)26)18(31)25-13(19(32)33)6-8-15(27)28/h10-13H,2-9,20-21H2,1H3,(H2,22,26)(H,23,30)(H,24,29)(H,25,31)(H,27,28)(H,32,33). The van der Waals surface area contributed by atoms with E-state index in [0.29, 0.717) is 25.8 Å². The van der Waals surface area contributed by atoms with Crippen molar-refractivity contribution in [2.24, 2.45) is 17.2 Å². The maximum absolute atomic E-state index is 12.5. The van der Waals surface area contributed by atoms with Gasteiger partial charge in [-0.1, -0.05) is 6.42 Å². The first-order valence-corrected chi connectivity index (χ1v) is 10.5. The molecule has 0 aromatic rings. The molecule has 0 aromatic carbocycles. The van der Waals surface area contributed by atoms with E-state index >= 15 is 0 Å². The van der Waals surface area contributed by atoms with Crippen LogP contribution < -0.4 is 33.2 Å². The minimum Gasteiger partial charge on any atom is -0.481 e. The van der Waals surface area contributed by atoms with Gasteiger partial charge in [0.05, 0.1) is 6.04 Å². The number of nitrogens with two attached hydrogens (primary N) is 3. The number of unbranched alkanes of at least 4 members (excludes halogenated alkanes) is 1. The number of carboxylic acid groups (broad SMARTS) is 2. The summed E-state index contributed by atoms with van der Waals surface area (Å²) in [6.45, 7) is 1.82. The van der Waals surface area contributed by atoms with Crippen LogP contribution in [0.1, 0.15) is 51.9 Å².